The molecule has 1 aliphatic heterocycles. The lowest BCUT2D eigenvalue weighted by atomic mass is 9.83. The van der Waals surface area contributed by atoms with Crippen LogP contribution in [0.15, 0.2) is 0 Å². The van der Waals surface area contributed by atoms with E-state index in [0.717, 1.165) is 25.7 Å². The first kappa shape index (κ1) is 12.4. The third-order valence-electron chi connectivity index (χ3n) is 3.92. The summed E-state index contributed by atoms with van der Waals surface area (Å²) in [4.78, 5) is 25.6. The second-order valence-electron chi connectivity index (χ2n) is 5.05. The lowest BCUT2D eigenvalue weighted by Gasteiger charge is -2.38. The first-order valence-electron chi connectivity index (χ1n) is 6.45. The number of nitrogens with zero attached hydrogens (tertiary/aromatic N) is 1. The highest BCUT2D eigenvalue weighted by molar-refractivity contribution is 5.89. The minimum atomic E-state index is -0.356. The van der Waals surface area contributed by atoms with Gasteiger partial charge in [0.25, 0.3) is 0 Å². The van der Waals surface area contributed by atoms with Crippen molar-refractivity contribution in [3.05, 3.63) is 0 Å². The Labute approximate surface area is 102 Å². The molecule has 2 aliphatic rings. The van der Waals surface area contributed by atoms with Crippen LogP contribution in [-0.2, 0) is 9.59 Å². The summed E-state index contributed by atoms with van der Waals surface area (Å²) < 4.78 is 0. The van der Waals surface area contributed by atoms with Crippen molar-refractivity contribution in [2.75, 3.05) is 13.1 Å². The number of piperazine rings is 1. The lowest BCUT2D eigenvalue weighted by molar-refractivity contribution is -0.146. The van der Waals surface area contributed by atoms with Gasteiger partial charge in [-0.1, -0.05) is 12.8 Å². The van der Waals surface area contributed by atoms with Gasteiger partial charge >= 0.3 is 0 Å². The molecule has 2 rings (SSSR count). The molecule has 2 amide bonds. The molecule has 0 radical (unpaired) electrons. The molecule has 0 aromatic rings. The van der Waals surface area contributed by atoms with Crippen LogP contribution in [-0.4, -0.2) is 41.9 Å². The summed E-state index contributed by atoms with van der Waals surface area (Å²) in [6.45, 7) is 2.94. The maximum atomic E-state index is 12.4. The van der Waals surface area contributed by atoms with Crippen LogP contribution in [0.3, 0.4) is 0 Å². The minimum Gasteiger partial charge on any atom is -0.353 e. The van der Waals surface area contributed by atoms with Crippen molar-refractivity contribution in [1.82, 2.24) is 10.2 Å². The third kappa shape index (κ3) is 2.44. The number of amides is 2. The molecule has 3 atom stereocenters. The van der Waals surface area contributed by atoms with Crippen molar-refractivity contribution in [3.8, 4) is 0 Å². The van der Waals surface area contributed by atoms with Gasteiger partial charge < -0.3 is 16.0 Å². The molecule has 5 nitrogen and oxygen atoms in total. The predicted molar refractivity (Wildman–Crippen MR) is 64.1 cm³/mol. The van der Waals surface area contributed by atoms with Crippen LogP contribution in [0.25, 0.3) is 0 Å². The highest BCUT2D eigenvalue weighted by Gasteiger charge is 2.36. The van der Waals surface area contributed by atoms with Gasteiger partial charge in [-0.2, -0.15) is 0 Å². The van der Waals surface area contributed by atoms with Crippen molar-refractivity contribution in [2.45, 2.75) is 44.7 Å². The van der Waals surface area contributed by atoms with Crippen LogP contribution in [0.1, 0.15) is 32.6 Å². The Morgan fingerprint density at radius 2 is 2.12 bits per heavy atom. The largest absolute Gasteiger partial charge is 0.353 e. The van der Waals surface area contributed by atoms with Gasteiger partial charge in [0.15, 0.2) is 0 Å². The summed E-state index contributed by atoms with van der Waals surface area (Å²) in [6, 6.07) is -0.390. The fourth-order valence-corrected chi connectivity index (χ4v) is 2.76. The first-order chi connectivity index (χ1) is 8.11. The molecule has 0 bridgehead atoms. The minimum absolute atomic E-state index is 0.0339. The molecular formula is C12H21N3O2. The summed E-state index contributed by atoms with van der Waals surface area (Å²) in [7, 11) is 0. The number of carbonyl (C=O) groups excluding carboxylic acids is 2. The molecule has 96 valence electrons. The highest BCUT2D eigenvalue weighted by Crippen LogP contribution is 2.25. The number of hydrogen-bond acceptors (Lipinski definition) is 3. The molecule has 2 fully saturated rings. The molecule has 1 saturated carbocycles. The summed E-state index contributed by atoms with van der Waals surface area (Å²) in [5.74, 6) is -0.0781. The van der Waals surface area contributed by atoms with E-state index in [1.54, 1.807) is 11.8 Å². The molecule has 1 heterocycles. The van der Waals surface area contributed by atoms with Crippen LogP contribution in [0.2, 0.25) is 0 Å². The van der Waals surface area contributed by atoms with E-state index in [1.807, 2.05) is 0 Å². The standard InChI is InChI=1S/C12H21N3O2/c1-8-11(16)14-6-7-15(8)12(17)9-4-2-3-5-10(9)13/h8-10H,2-7,13H2,1H3,(H,14,16). The van der Waals surface area contributed by atoms with E-state index in [1.165, 1.54) is 0 Å². The molecule has 1 saturated heterocycles. The molecule has 3 unspecified atom stereocenters. The van der Waals surface area contributed by atoms with Crippen LogP contribution in [0.5, 0.6) is 0 Å². The van der Waals surface area contributed by atoms with Crippen LogP contribution < -0.4 is 11.1 Å². The molecule has 3 N–H and O–H groups in total. The molecule has 17 heavy (non-hydrogen) atoms. The Morgan fingerprint density at radius 3 is 2.82 bits per heavy atom. The van der Waals surface area contributed by atoms with Crippen molar-refractivity contribution in [1.29, 1.82) is 0 Å². The monoisotopic (exact) mass is 239 g/mol. The zero-order valence-corrected chi connectivity index (χ0v) is 10.3. The topological polar surface area (TPSA) is 75.4 Å². The van der Waals surface area contributed by atoms with E-state index in [2.05, 4.69) is 5.32 Å². The van der Waals surface area contributed by atoms with E-state index in [4.69, 9.17) is 5.73 Å². The third-order valence-corrected chi connectivity index (χ3v) is 3.92. The van der Waals surface area contributed by atoms with Gasteiger partial charge in [-0.3, -0.25) is 9.59 Å². The van der Waals surface area contributed by atoms with E-state index in [-0.39, 0.29) is 29.8 Å². The normalized spacial score (nSPS) is 34.4. The number of nitrogens with one attached hydrogen (secondary N) is 1. The summed E-state index contributed by atoms with van der Waals surface area (Å²) >= 11 is 0. The predicted octanol–water partition coefficient (Wildman–Crippen LogP) is -0.149. The average Bonchev–Trinajstić information content (AvgIpc) is 2.32. The Hall–Kier alpha value is -1.10. The Morgan fingerprint density at radius 1 is 1.41 bits per heavy atom. The summed E-state index contributed by atoms with van der Waals surface area (Å²) in [5, 5.41) is 2.77. The summed E-state index contributed by atoms with van der Waals surface area (Å²) in [6.07, 6.45) is 3.97. The van der Waals surface area contributed by atoms with Crippen LogP contribution >= 0.6 is 0 Å². The smallest absolute Gasteiger partial charge is 0.242 e. The van der Waals surface area contributed by atoms with Gasteiger partial charge in [0.1, 0.15) is 6.04 Å². The summed E-state index contributed by atoms with van der Waals surface area (Å²) in [5.41, 5.74) is 6.02. The van der Waals surface area contributed by atoms with Crippen molar-refractivity contribution >= 4 is 11.8 Å². The van der Waals surface area contributed by atoms with Gasteiger partial charge in [0.2, 0.25) is 11.8 Å². The molecule has 0 spiro atoms. The molecule has 0 aromatic carbocycles. The second-order valence-corrected chi connectivity index (χ2v) is 5.05. The molecule has 1 aliphatic carbocycles. The van der Waals surface area contributed by atoms with Gasteiger partial charge in [0, 0.05) is 19.1 Å². The van der Waals surface area contributed by atoms with Gasteiger partial charge in [0.05, 0.1) is 5.92 Å². The number of nitrogens with two attached hydrogens (primary N) is 1. The van der Waals surface area contributed by atoms with Crippen LogP contribution in [0, 0.1) is 5.92 Å². The quantitative estimate of drug-likeness (QED) is 0.668. The lowest BCUT2D eigenvalue weighted by Crippen LogP contribution is -2.58. The maximum absolute atomic E-state index is 12.4. The number of carbonyl (C=O) groups is 2. The Kier molecular flexibility index (Phi) is 3.66. The number of rotatable bonds is 1. The number of hydrogen-bond donors (Lipinski definition) is 2. The second kappa shape index (κ2) is 5.04. The van der Waals surface area contributed by atoms with Gasteiger partial charge in [-0.25, -0.2) is 0 Å². The van der Waals surface area contributed by atoms with E-state index < -0.39 is 0 Å². The maximum Gasteiger partial charge on any atom is 0.242 e. The van der Waals surface area contributed by atoms with E-state index >= 15 is 0 Å². The zero-order chi connectivity index (χ0) is 12.4. The average molecular weight is 239 g/mol. The molecular weight excluding hydrogens is 218 g/mol. The van der Waals surface area contributed by atoms with Crippen molar-refractivity contribution in [3.63, 3.8) is 0 Å². The van der Waals surface area contributed by atoms with Gasteiger partial charge in [-0.05, 0) is 19.8 Å². The Balaban J connectivity index is 2.05. The molecule has 0 aromatic heterocycles. The van der Waals surface area contributed by atoms with Crippen LogP contribution in [0.4, 0.5) is 0 Å². The Bertz CT molecular complexity index is 319. The fourth-order valence-electron chi connectivity index (χ4n) is 2.76. The van der Waals surface area contributed by atoms with Crippen molar-refractivity contribution < 1.29 is 9.59 Å². The first-order valence-corrected chi connectivity index (χ1v) is 6.45. The fraction of sp³-hybridized carbons (Fsp3) is 0.833. The zero-order valence-electron chi connectivity index (χ0n) is 10.3. The SMILES string of the molecule is CC1C(=O)NCCN1C(=O)C1CCCCC1N. The van der Waals surface area contributed by atoms with E-state index in [9.17, 15) is 9.59 Å². The van der Waals surface area contributed by atoms with Gasteiger partial charge in [-0.15, -0.1) is 0 Å². The molecule has 5 heteroatoms. The van der Waals surface area contributed by atoms with E-state index in [0.29, 0.717) is 13.1 Å². The van der Waals surface area contributed by atoms with Crippen molar-refractivity contribution in [2.24, 2.45) is 11.7 Å². The highest BCUT2D eigenvalue weighted by atomic mass is 16.2.